The number of aryl methyl sites for hydroxylation is 1. The number of aromatic amines is 1. The van der Waals surface area contributed by atoms with Gasteiger partial charge >= 0.3 is 5.69 Å². The maximum absolute atomic E-state index is 12.1. The van der Waals surface area contributed by atoms with Crippen LogP contribution in [0.2, 0.25) is 0 Å². The summed E-state index contributed by atoms with van der Waals surface area (Å²) in [5.41, 5.74) is -0.240. The SMILES string of the molecule is Cn1cnc2c([nH]c(=O)n2[C@H]2O[C@@H](CO)[C@@H](O)[C@H]2O)c1=N. The van der Waals surface area contributed by atoms with E-state index in [1.54, 1.807) is 7.05 Å². The van der Waals surface area contributed by atoms with Crippen LogP contribution in [0.5, 0.6) is 0 Å². The summed E-state index contributed by atoms with van der Waals surface area (Å²) in [5.74, 6) is 0. The maximum atomic E-state index is 12.1. The molecule has 0 saturated carbocycles. The number of aliphatic hydroxyl groups excluding tert-OH is 3. The Hall–Kier alpha value is -2.01. The van der Waals surface area contributed by atoms with E-state index >= 15 is 0 Å². The summed E-state index contributed by atoms with van der Waals surface area (Å²) in [4.78, 5) is 18.6. The van der Waals surface area contributed by atoms with Gasteiger partial charge in [-0.2, -0.15) is 0 Å². The van der Waals surface area contributed by atoms with Gasteiger partial charge in [-0.15, -0.1) is 0 Å². The molecule has 0 radical (unpaired) electrons. The van der Waals surface area contributed by atoms with Crippen LogP contribution in [0, 0.1) is 5.41 Å². The molecule has 2 aromatic heterocycles. The summed E-state index contributed by atoms with van der Waals surface area (Å²) >= 11 is 0. The largest absolute Gasteiger partial charge is 0.394 e. The first kappa shape index (κ1) is 13.9. The quantitative estimate of drug-likeness (QED) is 0.403. The second kappa shape index (κ2) is 4.77. The fourth-order valence-corrected chi connectivity index (χ4v) is 2.44. The van der Waals surface area contributed by atoms with E-state index in [1.807, 2.05) is 0 Å². The lowest BCUT2D eigenvalue weighted by Crippen LogP contribution is -2.34. The molecule has 0 aromatic carbocycles. The fourth-order valence-electron chi connectivity index (χ4n) is 2.44. The smallest absolute Gasteiger partial charge is 0.330 e. The van der Waals surface area contributed by atoms with Gasteiger partial charge in [-0.25, -0.2) is 14.3 Å². The number of H-pyrrole nitrogens is 1. The second-order valence-corrected chi connectivity index (χ2v) is 4.93. The molecule has 0 spiro atoms. The highest BCUT2D eigenvalue weighted by molar-refractivity contribution is 5.68. The number of aliphatic hydroxyl groups is 3. The van der Waals surface area contributed by atoms with Gasteiger partial charge in [0.2, 0.25) is 0 Å². The molecule has 1 aliphatic heterocycles. The molecule has 4 atom stereocenters. The number of imidazole rings is 1. The van der Waals surface area contributed by atoms with Crippen LogP contribution in [0.25, 0.3) is 11.2 Å². The van der Waals surface area contributed by atoms with Crippen LogP contribution in [0.15, 0.2) is 11.1 Å². The van der Waals surface area contributed by atoms with Crippen molar-refractivity contribution >= 4 is 11.2 Å². The van der Waals surface area contributed by atoms with Gasteiger partial charge < -0.3 is 29.6 Å². The van der Waals surface area contributed by atoms with Gasteiger partial charge in [-0.05, 0) is 0 Å². The van der Waals surface area contributed by atoms with Gasteiger partial charge in [0, 0.05) is 7.05 Å². The minimum Gasteiger partial charge on any atom is -0.394 e. The highest BCUT2D eigenvalue weighted by Crippen LogP contribution is 2.29. The number of hydrogen-bond donors (Lipinski definition) is 5. The van der Waals surface area contributed by atoms with E-state index in [0.29, 0.717) is 0 Å². The molecule has 0 bridgehead atoms. The fraction of sp³-hybridized carbons (Fsp3) is 0.545. The van der Waals surface area contributed by atoms with Crippen LogP contribution < -0.4 is 11.2 Å². The molecule has 5 N–H and O–H groups in total. The molecule has 1 fully saturated rings. The number of fused-ring (bicyclic) bond motifs is 1. The third-order valence-electron chi connectivity index (χ3n) is 3.62. The predicted octanol–water partition coefficient (Wildman–Crippen LogP) is -2.85. The molecule has 0 unspecified atom stereocenters. The number of aromatic nitrogens is 4. The van der Waals surface area contributed by atoms with Crippen molar-refractivity contribution in [1.29, 1.82) is 5.41 Å². The number of ether oxygens (including phenoxy) is 1. The first-order valence-electron chi connectivity index (χ1n) is 6.28. The van der Waals surface area contributed by atoms with E-state index in [2.05, 4.69) is 9.97 Å². The molecule has 2 aromatic rings. The molecule has 1 aliphatic rings. The van der Waals surface area contributed by atoms with E-state index < -0.39 is 36.8 Å². The van der Waals surface area contributed by atoms with E-state index in [-0.39, 0.29) is 16.7 Å². The lowest BCUT2D eigenvalue weighted by Gasteiger charge is -2.15. The Balaban J connectivity index is 2.18. The molecular formula is C11H15N5O5. The number of nitrogens with one attached hydrogen (secondary N) is 2. The Morgan fingerprint density at radius 1 is 1.48 bits per heavy atom. The minimum absolute atomic E-state index is 0.0441. The van der Waals surface area contributed by atoms with Crippen LogP contribution in [0.1, 0.15) is 6.23 Å². The van der Waals surface area contributed by atoms with Gasteiger partial charge in [-0.1, -0.05) is 0 Å². The Morgan fingerprint density at radius 3 is 2.81 bits per heavy atom. The summed E-state index contributed by atoms with van der Waals surface area (Å²) in [5, 5.41) is 36.7. The topological polar surface area (TPSA) is 149 Å². The van der Waals surface area contributed by atoms with Crippen LogP contribution in [-0.4, -0.2) is 59.3 Å². The Labute approximate surface area is 117 Å². The van der Waals surface area contributed by atoms with Gasteiger partial charge in [0.15, 0.2) is 17.4 Å². The molecule has 10 heteroatoms. The first-order chi connectivity index (χ1) is 9.95. The molecule has 10 nitrogen and oxygen atoms in total. The average molecular weight is 297 g/mol. The molecule has 0 amide bonds. The normalized spacial score (nSPS) is 29.3. The van der Waals surface area contributed by atoms with Crippen molar-refractivity contribution in [1.82, 2.24) is 19.1 Å². The Kier molecular flexibility index (Phi) is 3.17. The van der Waals surface area contributed by atoms with Crippen molar-refractivity contribution in [3.8, 4) is 0 Å². The molecule has 21 heavy (non-hydrogen) atoms. The summed E-state index contributed by atoms with van der Waals surface area (Å²) in [6.07, 6.45) is -3.51. The highest BCUT2D eigenvalue weighted by atomic mass is 16.6. The van der Waals surface area contributed by atoms with Crippen molar-refractivity contribution in [2.24, 2.45) is 7.05 Å². The van der Waals surface area contributed by atoms with Crippen molar-refractivity contribution in [2.45, 2.75) is 24.5 Å². The Morgan fingerprint density at radius 2 is 2.19 bits per heavy atom. The number of hydrogen-bond acceptors (Lipinski definition) is 7. The van der Waals surface area contributed by atoms with E-state index in [9.17, 15) is 15.0 Å². The highest BCUT2D eigenvalue weighted by Gasteiger charge is 2.44. The second-order valence-electron chi connectivity index (χ2n) is 4.93. The summed E-state index contributed by atoms with van der Waals surface area (Å²) < 4.78 is 7.78. The summed E-state index contributed by atoms with van der Waals surface area (Å²) in [7, 11) is 1.61. The average Bonchev–Trinajstić information content (AvgIpc) is 2.93. The standard InChI is InChI=1S/C11H15N5O5/c1-15-3-13-9-5(8(15)12)14-11(20)16(9)10-7(19)6(18)4(2-17)21-10/h3-4,6-7,10,12,17-19H,2H2,1H3,(H,14,20)/t4-,6+,7+,10-/m0/s1. The summed E-state index contributed by atoms with van der Waals surface area (Å²) in [6, 6.07) is 0. The van der Waals surface area contributed by atoms with Crippen LogP contribution >= 0.6 is 0 Å². The van der Waals surface area contributed by atoms with E-state index in [1.165, 1.54) is 10.9 Å². The first-order valence-corrected chi connectivity index (χ1v) is 6.28. The lowest BCUT2D eigenvalue weighted by molar-refractivity contribution is -0.0524. The van der Waals surface area contributed by atoms with Gasteiger partial charge in [0.05, 0.1) is 12.9 Å². The van der Waals surface area contributed by atoms with E-state index in [4.69, 9.17) is 15.3 Å². The Bertz CT molecular complexity index is 792. The van der Waals surface area contributed by atoms with Crippen LogP contribution in [0.3, 0.4) is 0 Å². The molecule has 114 valence electrons. The molecule has 1 saturated heterocycles. The van der Waals surface area contributed by atoms with Crippen molar-refractivity contribution in [2.75, 3.05) is 6.61 Å². The summed E-state index contributed by atoms with van der Waals surface area (Å²) in [6.45, 7) is -0.488. The van der Waals surface area contributed by atoms with Crippen molar-refractivity contribution < 1.29 is 20.1 Å². The van der Waals surface area contributed by atoms with Crippen LogP contribution in [0.4, 0.5) is 0 Å². The third kappa shape index (κ3) is 1.92. The monoisotopic (exact) mass is 297 g/mol. The zero-order valence-electron chi connectivity index (χ0n) is 11.1. The van der Waals surface area contributed by atoms with Gasteiger partial charge in [0.1, 0.15) is 23.8 Å². The number of rotatable bonds is 2. The van der Waals surface area contributed by atoms with Gasteiger partial charge in [0.25, 0.3) is 0 Å². The molecular weight excluding hydrogens is 282 g/mol. The maximum Gasteiger partial charge on any atom is 0.330 e. The lowest BCUT2D eigenvalue weighted by atomic mass is 10.1. The van der Waals surface area contributed by atoms with Crippen molar-refractivity contribution in [3.63, 3.8) is 0 Å². The third-order valence-corrected chi connectivity index (χ3v) is 3.62. The zero-order chi connectivity index (χ0) is 15.3. The van der Waals surface area contributed by atoms with Crippen LogP contribution in [-0.2, 0) is 11.8 Å². The van der Waals surface area contributed by atoms with E-state index in [0.717, 1.165) is 4.57 Å². The zero-order valence-corrected chi connectivity index (χ0v) is 11.1. The predicted molar refractivity (Wildman–Crippen MR) is 68.2 cm³/mol. The number of nitrogens with zero attached hydrogens (tertiary/aromatic N) is 3. The van der Waals surface area contributed by atoms with Crippen molar-refractivity contribution in [3.05, 3.63) is 22.3 Å². The molecule has 0 aliphatic carbocycles. The van der Waals surface area contributed by atoms with Gasteiger partial charge in [-0.3, -0.25) is 5.41 Å². The molecule has 3 heterocycles. The minimum atomic E-state index is -1.39. The molecule has 3 rings (SSSR count).